The topological polar surface area (TPSA) is 110 Å². The maximum Gasteiger partial charge on any atom is 0.308 e. The zero-order chi connectivity index (χ0) is 31.1. The molecule has 1 N–H and O–H groups in total. The van der Waals surface area contributed by atoms with Crippen molar-refractivity contribution >= 4 is 57.9 Å². The molecule has 0 saturated carbocycles. The zero-order valence-corrected chi connectivity index (χ0v) is 26.1. The van der Waals surface area contributed by atoms with E-state index < -0.39 is 17.1 Å². The van der Waals surface area contributed by atoms with Crippen LogP contribution >= 0.6 is 23.1 Å². The molecule has 0 bridgehead atoms. The summed E-state index contributed by atoms with van der Waals surface area (Å²) in [6.45, 7) is -0.238. The predicted octanol–water partition coefficient (Wildman–Crippen LogP) is 4.43. The number of nitrogens with zero attached hydrogens (tertiary/aromatic N) is 3. The number of aromatic nitrogens is 1. The number of imide groups is 1. The van der Waals surface area contributed by atoms with Crippen molar-refractivity contribution in [3.05, 3.63) is 92.9 Å². The first-order chi connectivity index (χ1) is 21.2. The number of rotatable bonds is 8. The number of hydrogen-bond donors (Lipinski definition) is 1. The third kappa shape index (κ3) is 5.24. The van der Waals surface area contributed by atoms with Gasteiger partial charge in [-0.1, -0.05) is 35.2 Å². The summed E-state index contributed by atoms with van der Waals surface area (Å²) in [6.07, 6.45) is 0. The first-order valence-electron chi connectivity index (χ1n) is 13.8. The summed E-state index contributed by atoms with van der Waals surface area (Å²) in [5.41, 5.74) is 2.81. The Hall–Kier alpha value is -4.55. The molecule has 4 aromatic rings. The second-order valence-electron chi connectivity index (χ2n) is 10.6. The van der Waals surface area contributed by atoms with Gasteiger partial charge in [0.05, 0.1) is 30.9 Å². The molecule has 3 atom stereocenters. The fraction of sp³-hybridized carbons (Fsp3) is 0.250. The third-order valence-electron chi connectivity index (χ3n) is 7.82. The van der Waals surface area contributed by atoms with E-state index in [1.165, 1.54) is 21.2 Å². The standard InChI is InChI=1S/C32H30N4O6S2/c1-34(2)20-9-5-18(6-10-20)25-26-27(30(39)36(29(26)38)21-11-15-23(42-4)16-12-21)43-31-28(25)44-32(40)35(31)17-24(37)33-19-7-13-22(41-3)14-8-19/h5-16,25-27H,17H2,1-4H3,(H,33,37). The van der Waals surface area contributed by atoms with Crippen LogP contribution in [-0.2, 0) is 20.9 Å². The molecule has 2 aliphatic heterocycles. The molecule has 12 heteroatoms. The lowest BCUT2D eigenvalue weighted by molar-refractivity contribution is -0.122. The summed E-state index contributed by atoms with van der Waals surface area (Å²) < 4.78 is 11.8. The van der Waals surface area contributed by atoms with E-state index in [2.05, 4.69) is 5.32 Å². The molecular formula is C32H30N4O6S2. The van der Waals surface area contributed by atoms with Crippen LogP contribution in [0.1, 0.15) is 16.4 Å². The number of fused-ring (bicyclic) bond motifs is 2. The van der Waals surface area contributed by atoms with E-state index >= 15 is 0 Å². The van der Waals surface area contributed by atoms with Crippen molar-refractivity contribution < 1.29 is 23.9 Å². The normalized spacial score (nSPS) is 18.9. The van der Waals surface area contributed by atoms with Gasteiger partial charge in [0, 0.05) is 36.3 Å². The number of benzene rings is 3. The van der Waals surface area contributed by atoms with Crippen LogP contribution in [0.5, 0.6) is 11.5 Å². The third-order valence-corrected chi connectivity index (χ3v) is 10.4. The Bertz CT molecular complexity index is 1780. The summed E-state index contributed by atoms with van der Waals surface area (Å²) in [7, 11) is 6.99. The summed E-state index contributed by atoms with van der Waals surface area (Å²) >= 11 is 2.20. The summed E-state index contributed by atoms with van der Waals surface area (Å²) in [5, 5.41) is 2.58. The highest BCUT2D eigenvalue weighted by Gasteiger charge is 2.56. The zero-order valence-electron chi connectivity index (χ0n) is 24.5. The highest BCUT2D eigenvalue weighted by atomic mass is 32.2. The Morgan fingerprint density at radius 1 is 0.864 bits per heavy atom. The molecular weight excluding hydrogens is 601 g/mol. The lowest BCUT2D eigenvalue weighted by Crippen LogP contribution is -2.33. The predicted molar refractivity (Wildman–Crippen MR) is 171 cm³/mol. The molecule has 10 nitrogen and oxygen atoms in total. The smallest absolute Gasteiger partial charge is 0.308 e. The number of amides is 3. The van der Waals surface area contributed by atoms with Gasteiger partial charge in [-0.05, 0) is 66.2 Å². The number of anilines is 3. The minimum absolute atomic E-state index is 0.238. The Kier molecular flexibility index (Phi) is 7.95. The monoisotopic (exact) mass is 630 g/mol. The molecule has 226 valence electrons. The van der Waals surface area contributed by atoms with Crippen molar-refractivity contribution in [1.29, 1.82) is 0 Å². The molecule has 0 spiro atoms. The van der Waals surface area contributed by atoms with Crippen LogP contribution in [0, 0.1) is 5.92 Å². The summed E-state index contributed by atoms with van der Waals surface area (Å²) in [5.74, 6) is -1.08. The number of ether oxygens (including phenoxy) is 2. The molecule has 3 amide bonds. The minimum atomic E-state index is -0.777. The molecule has 2 aliphatic rings. The molecule has 3 aromatic carbocycles. The number of thioether (sulfide) groups is 1. The van der Waals surface area contributed by atoms with Crippen molar-refractivity contribution in [2.45, 2.75) is 22.7 Å². The lowest BCUT2D eigenvalue weighted by atomic mass is 9.83. The maximum absolute atomic E-state index is 14.1. The average molecular weight is 631 g/mol. The van der Waals surface area contributed by atoms with E-state index in [0.29, 0.717) is 32.8 Å². The average Bonchev–Trinajstić information content (AvgIpc) is 3.47. The van der Waals surface area contributed by atoms with Gasteiger partial charge >= 0.3 is 4.87 Å². The molecule has 1 fully saturated rings. The number of thiazole rings is 1. The molecule has 6 rings (SSSR count). The highest BCUT2D eigenvalue weighted by Crippen LogP contribution is 2.54. The molecule has 0 radical (unpaired) electrons. The van der Waals surface area contributed by atoms with Crippen LogP contribution < -0.4 is 29.5 Å². The van der Waals surface area contributed by atoms with E-state index in [0.717, 1.165) is 22.6 Å². The van der Waals surface area contributed by atoms with Crippen molar-refractivity contribution in [3.63, 3.8) is 0 Å². The van der Waals surface area contributed by atoms with Crippen molar-refractivity contribution in [2.75, 3.05) is 43.4 Å². The van der Waals surface area contributed by atoms with Gasteiger partial charge < -0.3 is 19.7 Å². The number of carbonyl (C=O) groups is 3. The number of methoxy groups -OCH3 is 2. The van der Waals surface area contributed by atoms with Gasteiger partial charge in [-0.25, -0.2) is 4.90 Å². The lowest BCUT2D eigenvalue weighted by Gasteiger charge is -2.31. The van der Waals surface area contributed by atoms with Crippen LogP contribution in [0.4, 0.5) is 17.1 Å². The van der Waals surface area contributed by atoms with Gasteiger partial charge in [-0.3, -0.25) is 23.7 Å². The van der Waals surface area contributed by atoms with Crippen LogP contribution in [0.25, 0.3) is 0 Å². The number of hydrogen-bond acceptors (Lipinski definition) is 9. The van der Waals surface area contributed by atoms with Crippen LogP contribution in [0.15, 0.2) is 82.6 Å². The molecule has 3 heterocycles. The number of carbonyl (C=O) groups excluding carboxylic acids is 3. The van der Waals surface area contributed by atoms with Crippen LogP contribution in [-0.4, -0.2) is 55.9 Å². The summed E-state index contributed by atoms with van der Waals surface area (Å²) in [6, 6.07) is 21.5. The van der Waals surface area contributed by atoms with Gasteiger partial charge in [-0.2, -0.15) is 0 Å². The molecule has 44 heavy (non-hydrogen) atoms. The van der Waals surface area contributed by atoms with Gasteiger partial charge in [0.2, 0.25) is 17.7 Å². The van der Waals surface area contributed by atoms with E-state index in [4.69, 9.17) is 9.47 Å². The minimum Gasteiger partial charge on any atom is -0.497 e. The van der Waals surface area contributed by atoms with Crippen molar-refractivity contribution in [2.24, 2.45) is 5.92 Å². The Morgan fingerprint density at radius 2 is 1.48 bits per heavy atom. The Balaban J connectivity index is 1.38. The molecule has 1 aromatic heterocycles. The SMILES string of the molecule is COc1ccc(NC(=O)Cn2c3c(sc2=O)C(c2ccc(N(C)C)cc2)C2C(=O)N(c4ccc(OC)cc4)C(=O)C2S3)cc1. The second-order valence-corrected chi connectivity index (χ2v) is 12.8. The Labute approximate surface area is 262 Å². The van der Waals surface area contributed by atoms with E-state index in [1.54, 1.807) is 62.8 Å². The van der Waals surface area contributed by atoms with Crippen molar-refractivity contribution in [1.82, 2.24) is 4.57 Å². The van der Waals surface area contributed by atoms with Gasteiger partial charge in [0.15, 0.2) is 0 Å². The first kappa shape index (κ1) is 29.5. The molecule has 3 unspecified atom stereocenters. The van der Waals surface area contributed by atoms with Gasteiger partial charge in [-0.15, -0.1) is 0 Å². The molecule has 0 aliphatic carbocycles. The van der Waals surface area contributed by atoms with Gasteiger partial charge in [0.1, 0.15) is 23.3 Å². The second kappa shape index (κ2) is 11.9. The van der Waals surface area contributed by atoms with Gasteiger partial charge in [0.25, 0.3) is 0 Å². The van der Waals surface area contributed by atoms with E-state index in [-0.39, 0.29) is 29.1 Å². The van der Waals surface area contributed by atoms with Crippen LogP contribution in [0.3, 0.4) is 0 Å². The maximum atomic E-state index is 14.1. The van der Waals surface area contributed by atoms with Crippen molar-refractivity contribution in [3.8, 4) is 11.5 Å². The highest BCUT2D eigenvalue weighted by molar-refractivity contribution is 8.00. The fourth-order valence-electron chi connectivity index (χ4n) is 5.60. The Morgan fingerprint density at radius 3 is 2.07 bits per heavy atom. The van der Waals surface area contributed by atoms with E-state index in [9.17, 15) is 19.2 Å². The van der Waals surface area contributed by atoms with E-state index in [1.807, 2.05) is 43.3 Å². The largest absolute Gasteiger partial charge is 0.497 e. The fourth-order valence-corrected chi connectivity index (χ4v) is 8.37. The quantitative estimate of drug-likeness (QED) is 0.285. The van der Waals surface area contributed by atoms with Crippen LogP contribution in [0.2, 0.25) is 0 Å². The first-order valence-corrected chi connectivity index (χ1v) is 15.5. The number of nitrogens with one attached hydrogen (secondary N) is 1. The molecule has 1 saturated heterocycles. The summed E-state index contributed by atoms with van der Waals surface area (Å²) in [4.78, 5) is 58.1.